The quantitative estimate of drug-likeness (QED) is 0.378. The molecule has 0 unspecified atom stereocenters. The van der Waals surface area contributed by atoms with Crippen LogP contribution in [0.1, 0.15) is 0 Å². The second kappa shape index (κ2) is 7.17. The summed E-state index contributed by atoms with van der Waals surface area (Å²) in [4.78, 5) is 24.3. The lowest BCUT2D eigenvalue weighted by atomic mass is 10.1. The largest absolute Gasteiger partial charge is 0.358 e. The number of nitro groups is 1. The Kier molecular flexibility index (Phi) is 4.55. The van der Waals surface area contributed by atoms with Crippen molar-refractivity contribution in [3.8, 4) is 5.69 Å². The Labute approximate surface area is 164 Å². The normalized spacial score (nSPS) is 10.8. The summed E-state index contributed by atoms with van der Waals surface area (Å²) in [5.74, 6) is 0. The van der Waals surface area contributed by atoms with Crippen LogP contribution in [0.2, 0.25) is 5.02 Å². The number of benzene rings is 3. The summed E-state index contributed by atoms with van der Waals surface area (Å²) in [6, 6.07) is 22.7. The first kappa shape index (κ1) is 17.8. The van der Waals surface area contributed by atoms with Gasteiger partial charge in [-0.25, -0.2) is 0 Å². The van der Waals surface area contributed by atoms with Crippen LogP contribution in [0.4, 0.5) is 17.1 Å². The van der Waals surface area contributed by atoms with Gasteiger partial charge in [-0.2, -0.15) is 0 Å². The van der Waals surface area contributed by atoms with E-state index in [0.29, 0.717) is 27.3 Å². The fourth-order valence-corrected chi connectivity index (χ4v) is 3.26. The van der Waals surface area contributed by atoms with Crippen LogP contribution in [0.15, 0.2) is 83.7 Å². The Morgan fingerprint density at radius 3 is 2.21 bits per heavy atom. The van der Waals surface area contributed by atoms with Gasteiger partial charge in [0.15, 0.2) is 0 Å². The zero-order valence-electron chi connectivity index (χ0n) is 14.5. The first-order valence-electron chi connectivity index (χ1n) is 8.46. The molecular weight excluding hydrogens is 378 g/mol. The van der Waals surface area contributed by atoms with Gasteiger partial charge in [0.05, 0.1) is 10.4 Å². The maximum absolute atomic E-state index is 13.2. The Hall–Kier alpha value is -3.64. The van der Waals surface area contributed by atoms with Crippen molar-refractivity contribution in [2.75, 3.05) is 5.32 Å². The van der Waals surface area contributed by atoms with Crippen LogP contribution in [0.3, 0.4) is 0 Å². The fraction of sp³-hybridized carbons (Fsp3) is 0. The number of fused-ring (bicyclic) bond motifs is 1. The third kappa shape index (κ3) is 3.10. The van der Waals surface area contributed by atoms with Crippen LogP contribution in [0.5, 0.6) is 0 Å². The second-order valence-corrected chi connectivity index (χ2v) is 6.54. The lowest BCUT2D eigenvalue weighted by Crippen LogP contribution is -2.23. The summed E-state index contributed by atoms with van der Waals surface area (Å²) < 4.78 is 1.36. The number of hydrogen-bond donors (Lipinski definition) is 1. The third-order valence-corrected chi connectivity index (χ3v) is 4.62. The molecule has 138 valence electrons. The van der Waals surface area contributed by atoms with Crippen molar-refractivity contribution in [1.82, 2.24) is 4.57 Å². The Balaban J connectivity index is 2.05. The van der Waals surface area contributed by atoms with Gasteiger partial charge in [0, 0.05) is 21.8 Å². The molecule has 0 atom stereocenters. The van der Waals surface area contributed by atoms with E-state index in [0.717, 1.165) is 0 Å². The number of halogens is 1. The van der Waals surface area contributed by atoms with E-state index in [2.05, 4.69) is 5.32 Å². The summed E-state index contributed by atoms with van der Waals surface area (Å²) in [6.07, 6.45) is 0. The topological polar surface area (TPSA) is 77.2 Å². The highest BCUT2D eigenvalue weighted by Gasteiger charge is 2.26. The van der Waals surface area contributed by atoms with Gasteiger partial charge in [-0.3, -0.25) is 19.5 Å². The lowest BCUT2D eigenvalue weighted by molar-refractivity contribution is -0.385. The van der Waals surface area contributed by atoms with Gasteiger partial charge in [-0.1, -0.05) is 48.0 Å². The third-order valence-electron chi connectivity index (χ3n) is 4.37. The number of anilines is 2. The molecule has 0 spiro atoms. The average molecular weight is 392 g/mol. The minimum Gasteiger partial charge on any atom is -0.349 e. The maximum atomic E-state index is 13.2. The highest BCUT2D eigenvalue weighted by molar-refractivity contribution is 6.30. The molecule has 1 heterocycles. The summed E-state index contributed by atoms with van der Waals surface area (Å²) in [6.45, 7) is 0. The molecule has 0 saturated carbocycles. The molecule has 0 fully saturated rings. The molecule has 4 rings (SSSR count). The van der Waals surface area contributed by atoms with E-state index in [9.17, 15) is 14.9 Å². The van der Waals surface area contributed by atoms with Crippen LogP contribution in [-0.4, -0.2) is 9.49 Å². The van der Waals surface area contributed by atoms with Gasteiger partial charge in [-0.05, 0) is 42.5 Å². The Bertz CT molecular complexity index is 1240. The molecule has 6 nitrogen and oxygen atoms in total. The summed E-state index contributed by atoms with van der Waals surface area (Å²) >= 11 is 5.92. The standard InChI is InChI=1S/C21H14ClN3O3/c22-14-10-12-15(13-11-14)23-19-17-8-4-5-9-18(17)24(16-6-2-1-3-7-16)21(26)20(19)25(27)28/h1-13,23H. The van der Waals surface area contributed by atoms with Crippen LogP contribution in [-0.2, 0) is 0 Å². The minimum absolute atomic E-state index is 0.153. The molecule has 0 bridgehead atoms. The van der Waals surface area contributed by atoms with Crippen molar-refractivity contribution in [1.29, 1.82) is 0 Å². The van der Waals surface area contributed by atoms with Gasteiger partial charge in [0.1, 0.15) is 5.69 Å². The van der Waals surface area contributed by atoms with Crippen LogP contribution < -0.4 is 10.9 Å². The number of rotatable bonds is 4. The SMILES string of the molecule is O=c1c([N+](=O)[O-])c(Nc2ccc(Cl)cc2)c2ccccc2n1-c1ccccc1. The molecule has 28 heavy (non-hydrogen) atoms. The lowest BCUT2D eigenvalue weighted by Gasteiger charge is -2.15. The molecule has 0 aliphatic rings. The van der Waals surface area contributed by atoms with Gasteiger partial charge < -0.3 is 5.32 Å². The van der Waals surface area contributed by atoms with E-state index in [4.69, 9.17) is 11.6 Å². The van der Waals surface area contributed by atoms with Crippen molar-refractivity contribution in [3.63, 3.8) is 0 Å². The summed E-state index contributed by atoms with van der Waals surface area (Å²) in [5.41, 5.74) is 0.657. The maximum Gasteiger partial charge on any atom is 0.358 e. The fourth-order valence-electron chi connectivity index (χ4n) is 3.14. The first-order valence-corrected chi connectivity index (χ1v) is 8.84. The summed E-state index contributed by atoms with van der Waals surface area (Å²) in [7, 11) is 0. The Morgan fingerprint density at radius 1 is 0.893 bits per heavy atom. The Morgan fingerprint density at radius 2 is 1.54 bits per heavy atom. The molecule has 4 aromatic rings. The zero-order chi connectivity index (χ0) is 19.7. The number of nitrogens with zero attached hydrogens (tertiary/aromatic N) is 2. The van der Waals surface area contributed by atoms with Gasteiger partial charge in [-0.15, -0.1) is 0 Å². The predicted molar refractivity (Wildman–Crippen MR) is 111 cm³/mol. The van der Waals surface area contributed by atoms with Crippen molar-refractivity contribution in [2.45, 2.75) is 0 Å². The van der Waals surface area contributed by atoms with E-state index in [1.807, 2.05) is 6.07 Å². The van der Waals surface area contributed by atoms with Crippen LogP contribution in [0.25, 0.3) is 16.6 Å². The molecular formula is C21H14ClN3O3. The van der Waals surface area contributed by atoms with Crippen molar-refractivity contribution in [3.05, 3.63) is 104 Å². The minimum atomic E-state index is -0.702. The van der Waals surface area contributed by atoms with Crippen molar-refractivity contribution < 1.29 is 4.92 Å². The number of para-hydroxylation sites is 2. The molecule has 1 aromatic heterocycles. The monoisotopic (exact) mass is 391 g/mol. The molecule has 7 heteroatoms. The van der Waals surface area contributed by atoms with Crippen molar-refractivity contribution in [2.24, 2.45) is 0 Å². The molecule has 0 amide bonds. The highest BCUT2D eigenvalue weighted by atomic mass is 35.5. The van der Waals surface area contributed by atoms with Crippen LogP contribution >= 0.6 is 11.6 Å². The number of hydrogen-bond acceptors (Lipinski definition) is 4. The number of aromatic nitrogens is 1. The summed E-state index contributed by atoms with van der Waals surface area (Å²) in [5, 5.41) is 16.0. The molecule has 0 saturated heterocycles. The van der Waals surface area contributed by atoms with E-state index in [1.165, 1.54) is 4.57 Å². The van der Waals surface area contributed by atoms with E-state index in [-0.39, 0.29) is 5.69 Å². The molecule has 1 N–H and O–H groups in total. The average Bonchev–Trinajstić information content (AvgIpc) is 2.70. The highest BCUT2D eigenvalue weighted by Crippen LogP contribution is 2.34. The van der Waals surface area contributed by atoms with E-state index < -0.39 is 16.2 Å². The molecule has 3 aromatic carbocycles. The van der Waals surface area contributed by atoms with Crippen LogP contribution in [0, 0.1) is 10.1 Å². The predicted octanol–water partition coefficient (Wildman–Crippen LogP) is 5.30. The molecule has 0 radical (unpaired) electrons. The van der Waals surface area contributed by atoms with Gasteiger partial charge >= 0.3 is 11.2 Å². The number of nitrogens with one attached hydrogen (secondary N) is 1. The zero-order valence-corrected chi connectivity index (χ0v) is 15.3. The van der Waals surface area contributed by atoms with Gasteiger partial charge in [0.25, 0.3) is 0 Å². The second-order valence-electron chi connectivity index (χ2n) is 6.11. The first-order chi connectivity index (χ1) is 13.6. The van der Waals surface area contributed by atoms with Crippen molar-refractivity contribution >= 4 is 39.6 Å². The molecule has 0 aliphatic heterocycles. The number of pyridine rings is 1. The molecule has 0 aliphatic carbocycles. The van der Waals surface area contributed by atoms with E-state index >= 15 is 0 Å². The smallest absolute Gasteiger partial charge is 0.349 e. The van der Waals surface area contributed by atoms with Gasteiger partial charge in [0.2, 0.25) is 0 Å². The van der Waals surface area contributed by atoms with E-state index in [1.54, 1.807) is 72.8 Å².